The van der Waals surface area contributed by atoms with Gasteiger partial charge in [-0.2, -0.15) is 0 Å². The summed E-state index contributed by atoms with van der Waals surface area (Å²) in [5.74, 6) is -2.25. The molecule has 146 valence electrons. The largest absolute Gasteiger partial charge is 0.468 e. The third-order valence-corrected chi connectivity index (χ3v) is 5.79. The number of imide groups is 1. The summed E-state index contributed by atoms with van der Waals surface area (Å²) in [4.78, 5) is 40.5. The van der Waals surface area contributed by atoms with Gasteiger partial charge >= 0.3 is 5.97 Å². The molecule has 2 aromatic rings. The summed E-state index contributed by atoms with van der Waals surface area (Å²) in [6.45, 7) is 2.02. The van der Waals surface area contributed by atoms with Crippen molar-refractivity contribution in [3.63, 3.8) is 0 Å². The number of carbonyl (C=O) groups is 3. The summed E-state index contributed by atoms with van der Waals surface area (Å²) in [7, 11) is 1.30. The number of methoxy groups -OCH3 is 1. The Morgan fingerprint density at radius 2 is 1.93 bits per heavy atom. The van der Waals surface area contributed by atoms with Crippen molar-refractivity contribution in [1.82, 2.24) is 10.2 Å². The minimum absolute atomic E-state index is 0.232. The van der Waals surface area contributed by atoms with Crippen LogP contribution >= 0.6 is 0 Å². The van der Waals surface area contributed by atoms with Gasteiger partial charge in [-0.3, -0.25) is 24.6 Å². The maximum absolute atomic E-state index is 13.2. The highest BCUT2D eigenvalue weighted by atomic mass is 16.5. The molecule has 28 heavy (non-hydrogen) atoms. The first-order valence-corrected chi connectivity index (χ1v) is 9.32. The molecule has 0 spiro atoms. The molecule has 2 aliphatic heterocycles. The fourth-order valence-electron chi connectivity index (χ4n) is 4.61. The van der Waals surface area contributed by atoms with Crippen LogP contribution in [-0.2, 0) is 25.5 Å². The lowest BCUT2D eigenvalue weighted by Gasteiger charge is -2.32. The van der Waals surface area contributed by atoms with E-state index in [2.05, 4.69) is 5.32 Å². The number of esters is 1. The molecule has 0 unspecified atom stereocenters. The molecule has 0 aliphatic carbocycles. The van der Waals surface area contributed by atoms with Gasteiger partial charge in [-0.15, -0.1) is 0 Å². The van der Waals surface area contributed by atoms with Crippen molar-refractivity contribution in [3.8, 4) is 0 Å². The summed E-state index contributed by atoms with van der Waals surface area (Å²) in [6.07, 6.45) is 1.75. The zero-order valence-electron chi connectivity index (χ0n) is 15.8. The smallest absolute Gasteiger partial charge is 0.327 e. The number of fused-ring (bicyclic) bond motifs is 1. The van der Waals surface area contributed by atoms with E-state index in [4.69, 9.17) is 9.15 Å². The second kappa shape index (κ2) is 6.91. The monoisotopic (exact) mass is 382 g/mol. The van der Waals surface area contributed by atoms with Crippen molar-refractivity contribution in [2.45, 2.75) is 24.9 Å². The highest BCUT2D eigenvalue weighted by molar-refractivity contribution is 6.09. The number of ether oxygens (including phenoxy) is 1. The number of hydrogen-bond donors (Lipinski definition) is 1. The van der Waals surface area contributed by atoms with Gasteiger partial charge in [-0.1, -0.05) is 30.3 Å². The van der Waals surface area contributed by atoms with Crippen molar-refractivity contribution >= 4 is 17.8 Å². The number of benzene rings is 1. The molecule has 2 fully saturated rings. The predicted octanol–water partition coefficient (Wildman–Crippen LogP) is 1.70. The normalized spacial score (nSPS) is 29.2. The molecule has 2 amide bonds. The Hall–Kier alpha value is -2.93. The zero-order chi connectivity index (χ0) is 19.9. The van der Waals surface area contributed by atoms with Crippen LogP contribution in [0.4, 0.5) is 0 Å². The van der Waals surface area contributed by atoms with Gasteiger partial charge in [0.1, 0.15) is 11.3 Å². The Balaban J connectivity index is 1.86. The van der Waals surface area contributed by atoms with E-state index in [0.717, 1.165) is 5.56 Å². The molecule has 4 rings (SSSR count). The van der Waals surface area contributed by atoms with Gasteiger partial charge in [0.2, 0.25) is 11.8 Å². The van der Waals surface area contributed by atoms with Crippen LogP contribution in [0, 0.1) is 11.8 Å². The summed E-state index contributed by atoms with van der Waals surface area (Å²) in [6, 6.07) is 12.3. The Morgan fingerprint density at radius 3 is 2.54 bits per heavy atom. The highest BCUT2D eigenvalue weighted by Gasteiger charge is 2.68. The molecule has 3 heterocycles. The Labute approximate surface area is 162 Å². The van der Waals surface area contributed by atoms with Crippen LogP contribution in [0.1, 0.15) is 24.3 Å². The quantitative estimate of drug-likeness (QED) is 0.625. The number of amides is 2. The van der Waals surface area contributed by atoms with E-state index < -0.39 is 29.4 Å². The SMILES string of the molecule is CCN1C(=O)[C@@H]2[C@H](c3ccco3)N[C@@](Cc3ccccc3)(C(=O)OC)[C@H]2C1=O. The first-order valence-electron chi connectivity index (χ1n) is 9.32. The molecule has 2 saturated heterocycles. The molecule has 1 N–H and O–H groups in total. The molecular weight excluding hydrogens is 360 g/mol. The standard InChI is InChI=1S/C21H22N2O5/c1-3-23-18(24)15-16(19(23)25)21(20(26)27-2,12-13-8-5-4-6-9-13)22-17(15)14-10-7-11-28-14/h4-11,15-17,22H,3,12H2,1-2H3/t15-,16+,17-,21+/m0/s1. The van der Waals surface area contributed by atoms with Crippen molar-refractivity contribution < 1.29 is 23.5 Å². The van der Waals surface area contributed by atoms with Gasteiger partial charge in [0.05, 0.1) is 31.3 Å². The molecule has 1 aromatic carbocycles. The molecule has 1 aromatic heterocycles. The fraction of sp³-hybridized carbons (Fsp3) is 0.381. The highest BCUT2D eigenvalue weighted by Crippen LogP contribution is 2.50. The lowest BCUT2D eigenvalue weighted by molar-refractivity contribution is -0.154. The van der Waals surface area contributed by atoms with Gasteiger partial charge in [0.15, 0.2) is 0 Å². The molecule has 7 nitrogen and oxygen atoms in total. The molecule has 4 atom stereocenters. The van der Waals surface area contributed by atoms with Crippen LogP contribution in [0.25, 0.3) is 0 Å². The van der Waals surface area contributed by atoms with Crippen molar-refractivity contribution in [3.05, 3.63) is 60.1 Å². The summed E-state index contributed by atoms with van der Waals surface area (Å²) in [5, 5.41) is 3.28. The maximum Gasteiger partial charge on any atom is 0.327 e. The first-order chi connectivity index (χ1) is 13.5. The van der Waals surface area contributed by atoms with E-state index in [-0.39, 0.29) is 24.8 Å². The van der Waals surface area contributed by atoms with E-state index in [1.165, 1.54) is 18.3 Å². The predicted molar refractivity (Wildman–Crippen MR) is 98.9 cm³/mol. The second-order valence-electron chi connectivity index (χ2n) is 7.19. The first kappa shape index (κ1) is 18.4. The molecule has 0 saturated carbocycles. The number of likely N-dealkylation sites (tertiary alicyclic amines) is 1. The number of hydrogen-bond acceptors (Lipinski definition) is 6. The van der Waals surface area contributed by atoms with Crippen molar-refractivity contribution in [1.29, 1.82) is 0 Å². The van der Waals surface area contributed by atoms with Crippen LogP contribution < -0.4 is 5.32 Å². The number of rotatable bonds is 5. The van der Waals surface area contributed by atoms with E-state index in [9.17, 15) is 14.4 Å². The van der Waals surface area contributed by atoms with Crippen molar-refractivity contribution in [2.24, 2.45) is 11.8 Å². The van der Waals surface area contributed by atoms with Gasteiger partial charge in [0, 0.05) is 13.0 Å². The van der Waals surface area contributed by atoms with Crippen LogP contribution in [0.15, 0.2) is 53.1 Å². The van der Waals surface area contributed by atoms with Gasteiger partial charge < -0.3 is 9.15 Å². The minimum atomic E-state index is -1.35. The second-order valence-corrected chi connectivity index (χ2v) is 7.19. The van der Waals surface area contributed by atoms with E-state index in [1.54, 1.807) is 19.1 Å². The molecular formula is C21H22N2O5. The molecule has 0 bridgehead atoms. The van der Waals surface area contributed by atoms with Gasteiger partial charge in [0.25, 0.3) is 0 Å². The fourth-order valence-corrected chi connectivity index (χ4v) is 4.61. The van der Waals surface area contributed by atoms with Crippen molar-refractivity contribution in [2.75, 3.05) is 13.7 Å². The van der Waals surface area contributed by atoms with E-state index in [1.807, 2.05) is 30.3 Å². The minimum Gasteiger partial charge on any atom is -0.468 e. The van der Waals surface area contributed by atoms with Crippen LogP contribution in [-0.4, -0.2) is 41.9 Å². The number of furan rings is 1. The molecule has 2 aliphatic rings. The Kier molecular flexibility index (Phi) is 4.55. The maximum atomic E-state index is 13.2. The summed E-state index contributed by atoms with van der Waals surface area (Å²) >= 11 is 0. The number of carbonyl (C=O) groups excluding carboxylic acids is 3. The Morgan fingerprint density at radius 1 is 1.18 bits per heavy atom. The zero-order valence-corrected chi connectivity index (χ0v) is 15.8. The number of nitrogens with zero attached hydrogens (tertiary/aromatic N) is 1. The number of nitrogens with one attached hydrogen (secondary N) is 1. The lowest BCUT2D eigenvalue weighted by atomic mass is 9.76. The van der Waals surface area contributed by atoms with Gasteiger partial charge in [-0.25, -0.2) is 0 Å². The van der Waals surface area contributed by atoms with Crippen LogP contribution in [0.5, 0.6) is 0 Å². The third-order valence-electron chi connectivity index (χ3n) is 5.79. The third kappa shape index (κ3) is 2.57. The average molecular weight is 382 g/mol. The lowest BCUT2D eigenvalue weighted by Crippen LogP contribution is -2.57. The molecule has 7 heteroatoms. The van der Waals surface area contributed by atoms with E-state index in [0.29, 0.717) is 5.76 Å². The Bertz CT molecular complexity index is 895. The molecule has 0 radical (unpaired) electrons. The van der Waals surface area contributed by atoms with E-state index >= 15 is 0 Å². The average Bonchev–Trinajstić information content (AvgIpc) is 3.40. The summed E-state index contributed by atoms with van der Waals surface area (Å²) < 4.78 is 10.7. The van der Waals surface area contributed by atoms with Crippen LogP contribution in [0.2, 0.25) is 0 Å². The summed E-state index contributed by atoms with van der Waals surface area (Å²) in [5.41, 5.74) is -0.482. The van der Waals surface area contributed by atoms with Crippen LogP contribution in [0.3, 0.4) is 0 Å². The topological polar surface area (TPSA) is 88.8 Å². The van der Waals surface area contributed by atoms with Gasteiger partial charge in [-0.05, 0) is 24.6 Å².